The summed E-state index contributed by atoms with van der Waals surface area (Å²) in [5.74, 6) is -2.92. The van der Waals surface area contributed by atoms with Crippen LogP contribution >= 0.6 is 11.6 Å². The Bertz CT molecular complexity index is 1310. The lowest BCUT2D eigenvalue weighted by molar-refractivity contribution is -0.111. The van der Waals surface area contributed by atoms with E-state index in [2.05, 4.69) is 37.8 Å². The second-order valence-corrected chi connectivity index (χ2v) is 7.29. The lowest BCUT2D eigenvalue weighted by Gasteiger charge is -2.15. The van der Waals surface area contributed by atoms with Crippen LogP contribution in [0.25, 0.3) is 11.1 Å². The second-order valence-electron chi connectivity index (χ2n) is 6.91. The van der Waals surface area contributed by atoms with E-state index < -0.39 is 23.4 Å². The summed E-state index contributed by atoms with van der Waals surface area (Å²) >= 11 is 5.76. The minimum absolute atomic E-state index is 0.0245. The molecule has 1 aromatic heterocycles. The van der Waals surface area contributed by atoms with Crippen LogP contribution in [0.4, 0.5) is 36.3 Å². The van der Waals surface area contributed by atoms with Gasteiger partial charge in [-0.3, -0.25) is 10.2 Å². The molecule has 35 heavy (non-hydrogen) atoms. The number of carbonyl (C=O) groups excluding carboxylic acids is 1. The van der Waals surface area contributed by atoms with Gasteiger partial charge >= 0.3 is 0 Å². The van der Waals surface area contributed by atoms with Gasteiger partial charge in [-0.05, 0) is 42.0 Å². The predicted molar refractivity (Wildman–Crippen MR) is 130 cm³/mol. The van der Waals surface area contributed by atoms with Crippen LogP contribution in [-0.2, 0) is 4.79 Å². The van der Waals surface area contributed by atoms with Crippen molar-refractivity contribution in [2.45, 2.75) is 0 Å². The van der Waals surface area contributed by atoms with E-state index in [9.17, 15) is 18.0 Å². The van der Waals surface area contributed by atoms with Crippen molar-refractivity contribution in [3.8, 4) is 11.1 Å². The first kappa shape index (κ1) is 25.2. The molecule has 0 aliphatic carbocycles. The van der Waals surface area contributed by atoms with E-state index in [0.717, 1.165) is 24.3 Å². The molecule has 12 heteroatoms. The van der Waals surface area contributed by atoms with Gasteiger partial charge in [0.15, 0.2) is 0 Å². The molecule has 0 aliphatic heterocycles. The first-order valence-electron chi connectivity index (χ1n) is 9.92. The zero-order chi connectivity index (χ0) is 25.5. The van der Waals surface area contributed by atoms with E-state index in [1.807, 2.05) is 0 Å². The van der Waals surface area contributed by atoms with Crippen LogP contribution in [0.15, 0.2) is 67.1 Å². The van der Waals surface area contributed by atoms with Crippen LogP contribution in [-0.4, -0.2) is 28.1 Å². The Morgan fingerprint density at radius 3 is 2.46 bits per heavy atom. The van der Waals surface area contributed by atoms with Crippen LogP contribution in [0.5, 0.6) is 0 Å². The van der Waals surface area contributed by atoms with Crippen molar-refractivity contribution < 1.29 is 18.0 Å². The van der Waals surface area contributed by atoms with Gasteiger partial charge in [0.25, 0.3) is 0 Å². The monoisotopic (exact) mass is 501 g/mol. The number of halogens is 4. The molecule has 0 unspecified atom stereocenters. The van der Waals surface area contributed by atoms with Gasteiger partial charge in [-0.15, -0.1) is 0 Å². The van der Waals surface area contributed by atoms with Crippen molar-refractivity contribution in [1.29, 1.82) is 5.41 Å². The Morgan fingerprint density at radius 2 is 1.83 bits per heavy atom. The number of carbonyl (C=O) groups is 1. The van der Waals surface area contributed by atoms with Crippen LogP contribution in [0, 0.1) is 22.9 Å². The van der Waals surface area contributed by atoms with Gasteiger partial charge < -0.3 is 21.3 Å². The van der Waals surface area contributed by atoms with Gasteiger partial charge in [-0.2, -0.15) is 4.98 Å². The largest absolute Gasteiger partial charge is 0.392 e. The average molecular weight is 502 g/mol. The van der Waals surface area contributed by atoms with Gasteiger partial charge in [0.2, 0.25) is 11.9 Å². The summed E-state index contributed by atoms with van der Waals surface area (Å²) < 4.78 is 42.4. The van der Waals surface area contributed by atoms with Crippen LogP contribution in [0.2, 0.25) is 0 Å². The Balaban J connectivity index is 2.09. The van der Waals surface area contributed by atoms with Crippen molar-refractivity contribution >= 4 is 45.8 Å². The average Bonchev–Trinajstić information content (AvgIpc) is 2.80. The summed E-state index contributed by atoms with van der Waals surface area (Å²) in [6, 6.07) is 6.61. The molecule has 5 N–H and O–H groups in total. The maximum absolute atomic E-state index is 14.6. The molecule has 8 nitrogen and oxygen atoms in total. The van der Waals surface area contributed by atoms with E-state index in [0.29, 0.717) is 6.07 Å². The van der Waals surface area contributed by atoms with Crippen LogP contribution in [0.1, 0.15) is 0 Å². The minimum atomic E-state index is -0.830. The van der Waals surface area contributed by atoms with Gasteiger partial charge in [-0.1, -0.05) is 18.2 Å². The first-order chi connectivity index (χ1) is 16.7. The number of rotatable bonds is 9. The van der Waals surface area contributed by atoms with E-state index in [-0.39, 0.29) is 45.1 Å². The molecule has 0 fully saturated rings. The highest BCUT2D eigenvalue weighted by atomic mass is 35.5. The smallest absolute Gasteiger partial charge is 0.247 e. The number of benzene rings is 2. The molecule has 180 valence electrons. The summed E-state index contributed by atoms with van der Waals surface area (Å²) in [5, 5.41) is 18.0. The molecule has 1 heterocycles. The van der Waals surface area contributed by atoms with Crippen molar-refractivity contribution in [3.05, 3.63) is 84.6 Å². The van der Waals surface area contributed by atoms with E-state index in [1.54, 1.807) is 7.05 Å². The van der Waals surface area contributed by atoms with Crippen molar-refractivity contribution in [2.24, 2.45) is 0 Å². The fraction of sp³-hybridized carbons (Fsp3) is 0.0435. The Kier molecular flexibility index (Phi) is 8.05. The van der Waals surface area contributed by atoms with Gasteiger partial charge in [0.05, 0.1) is 11.4 Å². The maximum atomic E-state index is 14.6. The standard InChI is InChI=1S/C23H19ClF3N7O/c1-3-20(35)31-15-4-5-17(27)18(9-15)32-22-16(12-6-13(25)8-14(26)7-12)10-30-23(34-22)33-19(11-29-2)21(24)28/h3-11,28-29H,1H2,2H3,(H,31,35)(H2,30,32,33,34)/b19-11+,28-21?. The molecule has 0 aliphatic rings. The number of nitrogens with one attached hydrogen (secondary N) is 5. The molecular formula is C23H19ClF3N7O. The highest BCUT2D eigenvalue weighted by molar-refractivity contribution is 6.68. The normalized spacial score (nSPS) is 10.9. The molecule has 0 atom stereocenters. The van der Waals surface area contributed by atoms with Gasteiger partial charge in [0, 0.05) is 36.8 Å². The van der Waals surface area contributed by atoms with Gasteiger partial charge in [-0.25, -0.2) is 18.2 Å². The number of anilines is 4. The Labute approximate surface area is 203 Å². The quantitative estimate of drug-likeness (QED) is 0.205. The number of hydrogen-bond acceptors (Lipinski definition) is 7. The molecule has 3 rings (SSSR count). The van der Waals surface area contributed by atoms with Crippen molar-refractivity contribution in [2.75, 3.05) is 23.0 Å². The number of hydrogen-bond donors (Lipinski definition) is 5. The molecule has 3 aromatic rings. The zero-order valence-electron chi connectivity index (χ0n) is 18.2. The lowest BCUT2D eigenvalue weighted by Crippen LogP contribution is -2.13. The topological polar surface area (TPSA) is 115 Å². The predicted octanol–water partition coefficient (Wildman–Crippen LogP) is 5.12. The van der Waals surface area contributed by atoms with E-state index in [4.69, 9.17) is 17.0 Å². The highest BCUT2D eigenvalue weighted by Gasteiger charge is 2.16. The molecule has 1 amide bonds. The highest BCUT2D eigenvalue weighted by Crippen LogP contribution is 2.32. The summed E-state index contributed by atoms with van der Waals surface area (Å²) in [5.41, 5.74) is 0.535. The third-order valence-corrected chi connectivity index (χ3v) is 4.61. The molecule has 0 bridgehead atoms. The lowest BCUT2D eigenvalue weighted by atomic mass is 10.1. The molecule has 0 saturated carbocycles. The molecular weight excluding hydrogens is 483 g/mol. The van der Waals surface area contributed by atoms with Crippen LogP contribution < -0.4 is 21.3 Å². The van der Waals surface area contributed by atoms with Gasteiger partial charge in [0.1, 0.15) is 28.4 Å². The number of nitrogens with zero attached hydrogens (tertiary/aromatic N) is 2. The fourth-order valence-corrected chi connectivity index (χ4v) is 3.00. The Hall–Kier alpha value is -4.38. The Morgan fingerprint density at radius 1 is 1.11 bits per heavy atom. The van der Waals surface area contributed by atoms with Crippen molar-refractivity contribution in [1.82, 2.24) is 15.3 Å². The van der Waals surface area contributed by atoms with Crippen molar-refractivity contribution in [3.63, 3.8) is 0 Å². The molecule has 0 saturated heterocycles. The van der Waals surface area contributed by atoms with Crippen LogP contribution in [0.3, 0.4) is 0 Å². The number of amides is 1. The number of allylic oxidation sites excluding steroid dienone is 1. The molecule has 2 aromatic carbocycles. The minimum Gasteiger partial charge on any atom is -0.392 e. The summed E-state index contributed by atoms with van der Waals surface area (Å²) in [4.78, 5) is 20.0. The van der Waals surface area contributed by atoms with E-state index >= 15 is 0 Å². The SMILES string of the molecule is C=CC(=O)Nc1ccc(F)c(Nc2nc(N/C(=C/NC)C(=N)Cl)ncc2-c2cc(F)cc(F)c2)c1. The van der Waals surface area contributed by atoms with E-state index in [1.165, 1.54) is 24.5 Å². The third kappa shape index (κ3) is 6.58. The summed E-state index contributed by atoms with van der Waals surface area (Å²) in [6.45, 7) is 3.36. The second kappa shape index (κ2) is 11.2. The fourth-order valence-electron chi connectivity index (χ4n) is 2.90. The molecule has 0 spiro atoms. The number of aromatic nitrogens is 2. The maximum Gasteiger partial charge on any atom is 0.247 e. The third-order valence-electron chi connectivity index (χ3n) is 4.41. The zero-order valence-corrected chi connectivity index (χ0v) is 19.0. The first-order valence-corrected chi connectivity index (χ1v) is 10.3. The molecule has 0 radical (unpaired) electrons. The summed E-state index contributed by atoms with van der Waals surface area (Å²) in [6.07, 6.45) is 3.72. The summed E-state index contributed by atoms with van der Waals surface area (Å²) in [7, 11) is 1.60.